The second-order valence-corrected chi connectivity index (χ2v) is 4.07. The molecule has 2 aromatic heterocycles. The number of pyridine rings is 1. The van der Waals surface area contributed by atoms with Gasteiger partial charge in [0.05, 0.1) is 10.7 Å². The summed E-state index contributed by atoms with van der Waals surface area (Å²) in [6.07, 6.45) is 1.87. The maximum atomic E-state index is 6.14. The summed E-state index contributed by atoms with van der Waals surface area (Å²) in [6.45, 7) is 0. The van der Waals surface area contributed by atoms with Gasteiger partial charge < -0.3 is 5.73 Å². The molecule has 0 unspecified atom stereocenters. The van der Waals surface area contributed by atoms with Crippen LogP contribution in [0.15, 0.2) is 42.6 Å². The minimum atomic E-state index is 0.596. The number of nitrogen functional groups attached to an aromatic ring is 1. The summed E-state index contributed by atoms with van der Waals surface area (Å²) < 4.78 is 1.83. The molecule has 3 rings (SSSR count). The van der Waals surface area contributed by atoms with Gasteiger partial charge >= 0.3 is 0 Å². The van der Waals surface area contributed by atoms with Crippen LogP contribution in [-0.2, 0) is 0 Å². The lowest BCUT2D eigenvalue weighted by Gasteiger charge is -2.02. The summed E-state index contributed by atoms with van der Waals surface area (Å²) in [5.74, 6) is 0.693. The van der Waals surface area contributed by atoms with Crippen LogP contribution in [0.5, 0.6) is 0 Å². The van der Waals surface area contributed by atoms with Gasteiger partial charge in [-0.2, -0.15) is 0 Å². The fraction of sp³-hybridized carbons (Fsp3) is 0. The molecule has 0 saturated carbocycles. The lowest BCUT2D eigenvalue weighted by molar-refractivity contribution is 1.11. The van der Waals surface area contributed by atoms with Crippen LogP contribution < -0.4 is 5.73 Å². The molecule has 84 valence electrons. The Morgan fingerprint density at radius 3 is 2.71 bits per heavy atom. The Morgan fingerprint density at radius 2 is 1.88 bits per heavy atom. The van der Waals surface area contributed by atoms with E-state index in [2.05, 4.69) is 10.2 Å². The van der Waals surface area contributed by atoms with Gasteiger partial charge in [-0.3, -0.25) is 4.40 Å². The zero-order chi connectivity index (χ0) is 11.8. The van der Waals surface area contributed by atoms with Crippen LogP contribution in [0, 0.1) is 0 Å². The van der Waals surface area contributed by atoms with Crippen molar-refractivity contribution < 1.29 is 0 Å². The number of rotatable bonds is 1. The van der Waals surface area contributed by atoms with Gasteiger partial charge in [-0.25, -0.2) is 0 Å². The number of hydrogen-bond donors (Lipinski definition) is 1. The molecule has 2 heterocycles. The smallest absolute Gasteiger partial charge is 0.184 e. The Labute approximate surface area is 103 Å². The Hall–Kier alpha value is -2.07. The number of anilines is 1. The number of halogens is 1. The SMILES string of the molecule is Nc1cccn2c(-c3ccccc3Cl)nnc12. The number of hydrogen-bond acceptors (Lipinski definition) is 3. The molecule has 17 heavy (non-hydrogen) atoms. The molecule has 0 aliphatic carbocycles. The van der Waals surface area contributed by atoms with E-state index in [0.717, 1.165) is 5.56 Å². The van der Waals surface area contributed by atoms with E-state index in [1.807, 2.05) is 40.9 Å². The highest BCUT2D eigenvalue weighted by atomic mass is 35.5. The quantitative estimate of drug-likeness (QED) is 0.716. The second-order valence-electron chi connectivity index (χ2n) is 3.66. The molecule has 0 radical (unpaired) electrons. The minimum absolute atomic E-state index is 0.596. The van der Waals surface area contributed by atoms with Gasteiger partial charge in [-0.15, -0.1) is 10.2 Å². The van der Waals surface area contributed by atoms with Gasteiger partial charge in [0.25, 0.3) is 0 Å². The van der Waals surface area contributed by atoms with E-state index < -0.39 is 0 Å². The van der Waals surface area contributed by atoms with Crippen molar-refractivity contribution in [2.45, 2.75) is 0 Å². The van der Waals surface area contributed by atoms with E-state index in [9.17, 15) is 0 Å². The van der Waals surface area contributed by atoms with Crippen molar-refractivity contribution in [3.63, 3.8) is 0 Å². The molecule has 0 bridgehead atoms. The van der Waals surface area contributed by atoms with Crippen molar-refractivity contribution >= 4 is 22.9 Å². The van der Waals surface area contributed by atoms with Crippen LogP contribution in [0.1, 0.15) is 0 Å². The summed E-state index contributed by atoms with van der Waals surface area (Å²) in [6, 6.07) is 11.2. The lowest BCUT2D eigenvalue weighted by atomic mass is 10.2. The largest absolute Gasteiger partial charge is 0.396 e. The van der Waals surface area contributed by atoms with E-state index in [-0.39, 0.29) is 0 Å². The van der Waals surface area contributed by atoms with Crippen LogP contribution in [0.4, 0.5) is 5.69 Å². The predicted octanol–water partition coefficient (Wildman–Crippen LogP) is 2.63. The first-order chi connectivity index (χ1) is 8.27. The lowest BCUT2D eigenvalue weighted by Crippen LogP contribution is -1.93. The molecule has 0 aliphatic rings. The summed E-state index contributed by atoms with van der Waals surface area (Å²) >= 11 is 6.14. The summed E-state index contributed by atoms with van der Waals surface area (Å²) in [5, 5.41) is 8.84. The maximum absolute atomic E-state index is 6.14. The summed E-state index contributed by atoms with van der Waals surface area (Å²) in [4.78, 5) is 0. The second kappa shape index (κ2) is 3.75. The van der Waals surface area contributed by atoms with Crippen molar-refractivity contribution in [2.24, 2.45) is 0 Å². The van der Waals surface area contributed by atoms with E-state index in [4.69, 9.17) is 17.3 Å². The third-order valence-electron chi connectivity index (χ3n) is 2.58. The van der Waals surface area contributed by atoms with Crippen molar-refractivity contribution in [1.82, 2.24) is 14.6 Å². The van der Waals surface area contributed by atoms with Gasteiger partial charge in [-0.1, -0.05) is 23.7 Å². The molecule has 1 aromatic carbocycles. The molecule has 5 heteroatoms. The van der Waals surface area contributed by atoms with Gasteiger partial charge in [0.2, 0.25) is 0 Å². The van der Waals surface area contributed by atoms with Crippen LogP contribution in [0.25, 0.3) is 17.0 Å². The first-order valence-corrected chi connectivity index (χ1v) is 5.49. The van der Waals surface area contributed by atoms with Crippen molar-refractivity contribution in [3.8, 4) is 11.4 Å². The highest BCUT2D eigenvalue weighted by molar-refractivity contribution is 6.33. The van der Waals surface area contributed by atoms with Gasteiger partial charge in [-0.05, 0) is 24.3 Å². The van der Waals surface area contributed by atoms with Crippen LogP contribution in [0.3, 0.4) is 0 Å². The third-order valence-corrected chi connectivity index (χ3v) is 2.91. The predicted molar refractivity (Wildman–Crippen MR) is 67.8 cm³/mol. The maximum Gasteiger partial charge on any atom is 0.184 e. The fourth-order valence-electron chi connectivity index (χ4n) is 1.76. The van der Waals surface area contributed by atoms with Crippen LogP contribution in [0.2, 0.25) is 5.02 Å². The number of aromatic nitrogens is 3. The highest BCUT2D eigenvalue weighted by Gasteiger charge is 2.11. The van der Waals surface area contributed by atoms with Gasteiger partial charge in [0, 0.05) is 11.8 Å². The number of benzene rings is 1. The van der Waals surface area contributed by atoms with E-state index in [0.29, 0.717) is 22.2 Å². The molecule has 3 aromatic rings. The standard InChI is InChI=1S/C12H9ClN4/c13-9-5-2-1-4-8(9)11-15-16-12-10(14)6-3-7-17(11)12/h1-7H,14H2. The molecule has 0 atom stereocenters. The average Bonchev–Trinajstić information content (AvgIpc) is 2.75. The van der Waals surface area contributed by atoms with Crippen molar-refractivity contribution in [1.29, 1.82) is 0 Å². The zero-order valence-corrected chi connectivity index (χ0v) is 9.59. The number of fused-ring (bicyclic) bond motifs is 1. The molecule has 4 nitrogen and oxygen atoms in total. The number of nitrogens with zero attached hydrogens (tertiary/aromatic N) is 3. The third kappa shape index (κ3) is 1.54. The molecule has 2 N–H and O–H groups in total. The fourth-order valence-corrected chi connectivity index (χ4v) is 1.98. The normalized spacial score (nSPS) is 10.9. The number of nitrogens with two attached hydrogens (primary N) is 1. The Kier molecular flexibility index (Phi) is 2.23. The first-order valence-electron chi connectivity index (χ1n) is 5.11. The Morgan fingerprint density at radius 1 is 1.06 bits per heavy atom. The highest BCUT2D eigenvalue weighted by Crippen LogP contribution is 2.27. The average molecular weight is 245 g/mol. The molecule has 0 saturated heterocycles. The Bertz CT molecular complexity index is 690. The summed E-state index contributed by atoms with van der Waals surface area (Å²) in [5.41, 5.74) is 7.91. The molecular formula is C12H9ClN4. The zero-order valence-electron chi connectivity index (χ0n) is 8.84. The van der Waals surface area contributed by atoms with Crippen LogP contribution >= 0.6 is 11.6 Å². The van der Waals surface area contributed by atoms with Crippen LogP contribution in [-0.4, -0.2) is 14.6 Å². The molecule has 0 amide bonds. The van der Waals surface area contributed by atoms with E-state index >= 15 is 0 Å². The van der Waals surface area contributed by atoms with Crippen molar-refractivity contribution in [3.05, 3.63) is 47.6 Å². The molecule has 0 fully saturated rings. The molecule has 0 spiro atoms. The molecular weight excluding hydrogens is 236 g/mol. The van der Waals surface area contributed by atoms with Crippen molar-refractivity contribution in [2.75, 3.05) is 5.73 Å². The van der Waals surface area contributed by atoms with E-state index in [1.54, 1.807) is 6.07 Å². The Balaban J connectivity index is 2.33. The van der Waals surface area contributed by atoms with Gasteiger partial charge in [0.1, 0.15) is 0 Å². The monoisotopic (exact) mass is 244 g/mol. The van der Waals surface area contributed by atoms with Gasteiger partial charge in [0.15, 0.2) is 11.5 Å². The minimum Gasteiger partial charge on any atom is -0.396 e. The summed E-state index contributed by atoms with van der Waals surface area (Å²) in [7, 11) is 0. The first kappa shape index (κ1) is 10.1. The topological polar surface area (TPSA) is 56.2 Å². The molecule has 0 aliphatic heterocycles. The van der Waals surface area contributed by atoms with E-state index in [1.165, 1.54) is 0 Å².